The molecule has 1 aromatic rings. The first-order valence-electron chi connectivity index (χ1n) is 7.41. The molecule has 106 valence electrons. The third-order valence-corrected chi connectivity index (χ3v) is 3.71. The Bertz CT molecular complexity index is 399. The number of hydrogen-bond donors (Lipinski definition) is 1. The molecule has 1 unspecified atom stereocenters. The molecule has 4 nitrogen and oxygen atoms in total. The molecule has 0 amide bonds. The van der Waals surface area contributed by atoms with Crippen LogP contribution in [0.2, 0.25) is 0 Å². The monoisotopic (exact) mass is 262 g/mol. The van der Waals surface area contributed by atoms with Crippen molar-refractivity contribution in [2.75, 3.05) is 31.5 Å². The molecule has 19 heavy (non-hydrogen) atoms. The van der Waals surface area contributed by atoms with Crippen molar-refractivity contribution < 1.29 is 0 Å². The molecule has 2 rings (SSSR count). The standard InChI is InChI=1S/C15H26N4/c1-12(11-19-7-5-4-6-8-19)9-17-15-14(3)16-10-13(2)18-15/h10,12H,4-9,11H2,1-3H3,(H,17,18). The number of aryl methyl sites for hydroxylation is 2. The third kappa shape index (κ3) is 4.46. The van der Waals surface area contributed by atoms with Gasteiger partial charge in [-0.05, 0) is 45.7 Å². The molecular formula is C15H26N4. The Labute approximate surface area is 116 Å². The minimum atomic E-state index is 0.639. The van der Waals surface area contributed by atoms with E-state index < -0.39 is 0 Å². The van der Waals surface area contributed by atoms with Crippen LogP contribution in [-0.2, 0) is 0 Å². The number of hydrogen-bond acceptors (Lipinski definition) is 4. The molecule has 1 aliphatic heterocycles. The van der Waals surface area contributed by atoms with E-state index in [4.69, 9.17) is 0 Å². The van der Waals surface area contributed by atoms with Gasteiger partial charge in [0.25, 0.3) is 0 Å². The molecule has 1 aromatic heterocycles. The molecule has 1 fully saturated rings. The lowest BCUT2D eigenvalue weighted by Crippen LogP contribution is -2.35. The lowest BCUT2D eigenvalue weighted by atomic mass is 10.1. The fourth-order valence-corrected chi connectivity index (χ4v) is 2.62. The quantitative estimate of drug-likeness (QED) is 0.885. The van der Waals surface area contributed by atoms with Gasteiger partial charge in [0.2, 0.25) is 0 Å². The normalized spacial score (nSPS) is 18.3. The van der Waals surface area contributed by atoms with Gasteiger partial charge >= 0.3 is 0 Å². The maximum absolute atomic E-state index is 4.50. The zero-order valence-corrected chi connectivity index (χ0v) is 12.4. The van der Waals surface area contributed by atoms with Gasteiger partial charge in [-0.3, -0.25) is 4.98 Å². The highest BCUT2D eigenvalue weighted by molar-refractivity contribution is 5.39. The molecule has 0 saturated carbocycles. The molecule has 2 heterocycles. The molecule has 4 heteroatoms. The lowest BCUT2D eigenvalue weighted by molar-refractivity contribution is 0.204. The van der Waals surface area contributed by atoms with Gasteiger partial charge in [-0.25, -0.2) is 4.98 Å². The molecular weight excluding hydrogens is 236 g/mol. The van der Waals surface area contributed by atoms with Gasteiger partial charge in [0.1, 0.15) is 5.82 Å². The van der Waals surface area contributed by atoms with E-state index in [1.807, 2.05) is 20.0 Å². The van der Waals surface area contributed by atoms with E-state index in [2.05, 4.69) is 27.1 Å². The number of anilines is 1. The Morgan fingerprint density at radius 1 is 1.26 bits per heavy atom. The van der Waals surface area contributed by atoms with Crippen molar-refractivity contribution >= 4 is 5.82 Å². The summed E-state index contributed by atoms with van der Waals surface area (Å²) in [6.07, 6.45) is 5.95. The van der Waals surface area contributed by atoms with Crippen LogP contribution in [0.15, 0.2) is 6.20 Å². The second-order valence-electron chi connectivity index (χ2n) is 5.79. The maximum atomic E-state index is 4.50. The molecule has 0 aromatic carbocycles. The van der Waals surface area contributed by atoms with Crippen LogP contribution in [0.1, 0.15) is 37.6 Å². The van der Waals surface area contributed by atoms with Gasteiger partial charge in [0.15, 0.2) is 0 Å². The van der Waals surface area contributed by atoms with E-state index in [0.29, 0.717) is 5.92 Å². The zero-order chi connectivity index (χ0) is 13.7. The van der Waals surface area contributed by atoms with Crippen molar-refractivity contribution in [3.8, 4) is 0 Å². The summed E-state index contributed by atoms with van der Waals surface area (Å²) in [5.74, 6) is 1.57. The van der Waals surface area contributed by atoms with Crippen molar-refractivity contribution in [2.45, 2.75) is 40.0 Å². The minimum absolute atomic E-state index is 0.639. The predicted octanol–water partition coefficient (Wildman–Crippen LogP) is 2.63. The second-order valence-corrected chi connectivity index (χ2v) is 5.79. The molecule has 0 spiro atoms. The molecule has 0 aliphatic carbocycles. The van der Waals surface area contributed by atoms with Crippen LogP contribution in [0.25, 0.3) is 0 Å². The minimum Gasteiger partial charge on any atom is -0.368 e. The molecule has 0 bridgehead atoms. The SMILES string of the molecule is Cc1cnc(C)c(NCC(C)CN2CCCCC2)n1. The van der Waals surface area contributed by atoms with E-state index >= 15 is 0 Å². The van der Waals surface area contributed by atoms with Crippen molar-refractivity contribution in [1.82, 2.24) is 14.9 Å². The first-order valence-corrected chi connectivity index (χ1v) is 7.41. The Morgan fingerprint density at radius 3 is 2.74 bits per heavy atom. The fourth-order valence-electron chi connectivity index (χ4n) is 2.62. The maximum Gasteiger partial charge on any atom is 0.147 e. The van der Waals surface area contributed by atoms with Crippen LogP contribution in [0.4, 0.5) is 5.82 Å². The number of nitrogens with zero attached hydrogens (tertiary/aromatic N) is 3. The van der Waals surface area contributed by atoms with Gasteiger partial charge in [-0.1, -0.05) is 13.3 Å². The van der Waals surface area contributed by atoms with E-state index in [1.54, 1.807) is 0 Å². The predicted molar refractivity (Wildman–Crippen MR) is 79.5 cm³/mol. The molecule has 1 N–H and O–H groups in total. The smallest absolute Gasteiger partial charge is 0.147 e. The summed E-state index contributed by atoms with van der Waals surface area (Å²) in [4.78, 5) is 11.4. The average Bonchev–Trinajstić information content (AvgIpc) is 2.41. The highest BCUT2D eigenvalue weighted by atomic mass is 15.1. The van der Waals surface area contributed by atoms with E-state index in [-0.39, 0.29) is 0 Å². The fraction of sp³-hybridized carbons (Fsp3) is 0.733. The van der Waals surface area contributed by atoms with Crippen molar-refractivity contribution in [2.24, 2.45) is 5.92 Å². The lowest BCUT2D eigenvalue weighted by Gasteiger charge is -2.29. The number of likely N-dealkylation sites (tertiary alicyclic amines) is 1. The van der Waals surface area contributed by atoms with Gasteiger partial charge in [-0.2, -0.15) is 0 Å². The third-order valence-electron chi connectivity index (χ3n) is 3.71. The van der Waals surface area contributed by atoms with Crippen LogP contribution in [0, 0.1) is 19.8 Å². The Balaban J connectivity index is 1.79. The van der Waals surface area contributed by atoms with E-state index in [1.165, 1.54) is 38.9 Å². The Kier molecular flexibility index (Phi) is 5.14. The van der Waals surface area contributed by atoms with E-state index in [0.717, 1.165) is 23.8 Å². The van der Waals surface area contributed by atoms with Crippen molar-refractivity contribution in [3.05, 3.63) is 17.6 Å². The topological polar surface area (TPSA) is 41.1 Å². The summed E-state index contributed by atoms with van der Waals surface area (Å²) in [6, 6.07) is 0. The van der Waals surface area contributed by atoms with Crippen molar-refractivity contribution in [1.29, 1.82) is 0 Å². The van der Waals surface area contributed by atoms with Gasteiger partial charge in [0, 0.05) is 19.3 Å². The van der Waals surface area contributed by atoms with Crippen LogP contribution in [0.3, 0.4) is 0 Å². The summed E-state index contributed by atoms with van der Waals surface area (Å²) in [7, 11) is 0. The van der Waals surface area contributed by atoms with Gasteiger partial charge < -0.3 is 10.2 Å². The number of nitrogens with one attached hydrogen (secondary N) is 1. The highest BCUT2D eigenvalue weighted by Crippen LogP contribution is 2.13. The Hall–Kier alpha value is -1.16. The van der Waals surface area contributed by atoms with Gasteiger partial charge in [-0.15, -0.1) is 0 Å². The first-order chi connectivity index (χ1) is 9.15. The number of rotatable bonds is 5. The molecule has 0 radical (unpaired) electrons. The summed E-state index contributed by atoms with van der Waals surface area (Å²) in [5, 5.41) is 3.44. The number of aromatic nitrogens is 2. The van der Waals surface area contributed by atoms with E-state index in [9.17, 15) is 0 Å². The Morgan fingerprint density at radius 2 is 2.00 bits per heavy atom. The summed E-state index contributed by atoms with van der Waals surface area (Å²) in [5.41, 5.74) is 1.95. The van der Waals surface area contributed by atoms with Crippen LogP contribution in [-0.4, -0.2) is 41.0 Å². The molecule has 1 atom stereocenters. The van der Waals surface area contributed by atoms with Crippen LogP contribution >= 0.6 is 0 Å². The van der Waals surface area contributed by atoms with Crippen molar-refractivity contribution in [3.63, 3.8) is 0 Å². The first kappa shape index (κ1) is 14.3. The zero-order valence-electron chi connectivity index (χ0n) is 12.4. The summed E-state index contributed by atoms with van der Waals surface area (Å²) >= 11 is 0. The number of piperidine rings is 1. The largest absolute Gasteiger partial charge is 0.368 e. The second kappa shape index (κ2) is 6.85. The summed E-state index contributed by atoms with van der Waals surface area (Å²) in [6.45, 7) is 11.0. The van der Waals surface area contributed by atoms with Crippen LogP contribution < -0.4 is 5.32 Å². The molecule has 1 saturated heterocycles. The van der Waals surface area contributed by atoms with Crippen LogP contribution in [0.5, 0.6) is 0 Å². The van der Waals surface area contributed by atoms with Gasteiger partial charge in [0.05, 0.1) is 11.4 Å². The molecule has 1 aliphatic rings. The highest BCUT2D eigenvalue weighted by Gasteiger charge is 2.13. The average molecular weight is 262 g/mol. The summed E-state index contributed by atoms with van der Waals surface area (Å²) < 4.78 is 0.